The molecule has 0 radical (unpaired) electrons. The van der Waals surface area contributed by atoms with Gasteiger partial charge in [0, 0.05) is 5.56 Å². The maximum atomic E-state index is 13.0. The first-order valence-corrected chi connectivity index (χ1v) is 7.90. The molecule has 0 saturated carbocycles. The smallest absolute Gasteiger partial charge is 0.134 e. The van der Waals surface area contributed by atoms with Crippen molar-refractivity contribution >= 4 is 11.6 Å². The molecule has 0 fully saturated rings. The number of nitrogens with zero attached hydrogens (tertiary/aromatic N) is 1. The van der Waals surface area contributed by atoms with Crippen molar-refractivity contribution in [1.29, 1.82) is 5.26 Å². The predicted molar refractivity (Wildman–Crippen MR) is 95.2 cm³/mol. The Labute approximate surface area is 145 Å². The molecule has 0 atom stereocenters. The van der Waals surface area contributed by atoms with Crippen molar-refractivity contribution < 1.29 is 13.5 Å². The van der Waals surface area contributed by atoms with Gasteiger partial charge in [0.05, 0.1) is 18.2 Å². The van der Waals surface area contributed by atoms with Crippen molar-refractivity contribution in [3.05, 3.63) is 77.8 Å². The third-order valence-electron chi connectivity index (χ3n) is 3.64. The molecular weight excluding hydrogens is 317 g/mol. The lowest BCUT2D eigenvalue weighted by atomic mass is 10.1. The second kappa shape index (κ2) is 7.50. The number of halogens is 1. The number of rotatable bonds is 5. The fourth-order valence-corrected chi connectivity index (χ4v) is 2.42. The first-order valence-electron chi connectivity index (χ1n) is 7.90. The molecule has 2 aromatic carbocycles. The van der Waals surface area contributed by atoms with Crippen LogP contribution < -0.4 is 4.74 Å². The van der Waals surface area contributed by atoms with Gasteiger partial charge in [0.15, 0.2) is 0 Å². The van der Waals surface area contributed by atoms with Crippen LogP contribution in [0.3, 0.4) is 0 Å². The van der Waals surface area contributed by atoms with Crippen molar-refractivity contribution in [3.63, 3.8) is 0 Å². The zero-order chi connectivity index (χ0) is 17.6. The Morgan fingerprint density at radius 1 is 1.08 bits per heavy atom. The van der Waals surface area contributed by atoms with Crippen LogP contribution in [-0.2, 0) is 0 Å². The number of hydrogen-bond donors (Lipinski definition) is 0. The summed E-state index contributed by atoms with van der Waals surface area (Å²) in [6.45, 7) is 2.56. The molecule has 25 heavy (non-hydrogen) atoms. The van der Waals surface area contributed by atoms with Crippen molar-refractivity contribution in [2.24, 2.45) is 0 Å². The summed E-state index contributed by atoms with van der Waals surface area (Å²) in [5.41, 5.74) is 1.97. The second-order valence-electron chi connectivity index (χ2n) is 5.34. The standard InChI is InChI=1S/C21H16FNO2/c1-2-24-19-9-5-16(6-10-19)21-12-11-20(25-21)13-17(14-23)15-3-7-18(22)8-4-15/h3-13H,2H2,1H3. The van der Waals surface area contributed by atoms with Gasteiger partial charge in [0.1, 0.15) is 23.1 Å². The summed E-state index contributed by atoms with van der Waals surface area (Å²) in [5, 5.41) is 9.35. The fraction of sp³-hybridized carbons (Fsp3) is 0.0952. The van der Waals surface area contributed by atoms with E-state index in [9.17, 15) is 9.65 Å². The molecule has 0 spiro atoms. The van der Waals surface area contributed by atoms with Crippen molar-refractivity contribution in [2.45, 2.75) is 6.92 Å². The highest BCUT2D eigenvalue weighted by molar-refractivity contribution is 5.88. The number of hydrogen-bond acceptors (Lipinski definition) is 3. The summed E-state index contributed by atoms with van der Waals surface area (Å²) in [6, 6.07) is 19.2. The maximum absolute atomic E-state index is 13.0. The van der Waals surface area contributed by atoms with Crippen LogP contribution in [-0.4, -0.2) is 6.61 Å². The Hall–Kier alpha value is -3.32. The molecule has 3 aromatic rings. The third kappa shape index (κ3) is 3.96. The number of allylic oxidation sites excluding steroid dienone is 1. The van der Waals surface area contributed by atoms with Crippen LogP contribution >= 0.6 is 0 Å². The summed E-state index contributed by atoms with van der Waals surface area (Å²) in [5.74, 6) is 1.73. The quantitative estimate of drug-likeness (QED) is 0.575. The molecule has 1 aromatic heterocycles. The first-order chi connectivity index (χ1) is 12.2. The molecule has 1 heterocycles. The molecule has 4 heteroatoms. The van der Waals surface area contributed by atoms with Crippen LogP contribution in [0.2, 0.25) is 0 Å². The number of nitriles is 1. The van der Waals surface area contributed by atoms with E-state index in [0.717, 1.165) is 11.3 Å². The van der Waals surface area contributed by atoms with E-state index in [4.69, 9.17) is 9.15 Å². The Bertz CT molecular complexity index is 916. The average molecular weight is 333 g/mol. The molecule has 0 aliphatic rings. The van der Waals surface area contributed by atoms with Crippen LogP contribution in [0.1, 0.15) is 18.2 Å². The van der Waals surface area contributed by atoms with Crippen LogP contribution in [0.15, 0.2) is 65.1 Å². The molecule has 0 aliphatic carbocycles. The van der Waals surface area contributed by atoms with E-state index in [1.807, 2.05) is 37.3 Å². The molecule has 0 bridgehead atoms. The van der Waals surface area contributed by atoms with Gasteiger partial charge < -0.3 is 9.15 Å². The van der Waals surface area contributed by atoms with E-state index < -0.39 is 0 Å². The van der Waals surface area contributed by atoms with Crippen LogP contribution in [0, 0.1) is 17.1 Å². The van der Waals surface area contributed by atoms with E-state index in [2.05, 4.69) is 6.07 Å². The van der Waals surface area contributed by atoms with Gasteiger partial charge >= 0.3 is 0 Å². The predicted octanol–water partition coefficient (Wildman–Crippen LogP) is 5.55. The Balaban J connectivity index is 1.85. The normalized spacial score (nSPS) is 11.2. The molecule has 0 amide bonds. The van der Waals surface area contributed by atoms with E-state index in [-0.39, 0.29) is 5.82 Å². The molecule has 0 unspecified atom stereocenters. The molecule has 0 aliphatic heterocycles. The minimum atomic E-state index is -0.336. The third-order valence-corrected chi connectivity index (χ3v) is 3.64. The minimum Gasteiger partial charge on any atom is -0.494 e. The lowest BCUT2D eigenvalue weighted by molar-refractivity contribution is 0.340. The van der Waals surface area contributed by atoms with Gasteiger partial charge in [-0.2, -0.15) is 5.26 Å². The van der Waals surface area contributed by atoms with E-state index in [1.54, 1.807) is 24.3 Å². The molecular formula is C21H16FNO2. The lowest BCUT2D eigenvalue weighted by Crippen LogP contribution is -1.90. The SMILES string of the molecule is CCOc1ccc(-c2ccc(C=C(C#N)c3ccc(F)cc3)o2)cc1. The van der Waals surface area contributed by atoms with Gasteiger partial charge in [-0.05, 0) is 67.1 Å². The molecule has 3 nitrogen and oxygen atoms in total. The fourth-order valence-electron chi connectivity index (χ4n) is 2.42. The molecule has 3 rings (SSSR count). The van der Waals surface area contributed by atoms with Gasteiger partial charge in [-0.25, -0.2) is 4.39 Å². The van der Waals surface area contributed by atoms with Crippen LogP contribution in [0.4, 0.5) is 4.39 Å². The summed E-state index contributed by atoms with van der Waals surface area (Å²) in [7, 11) is 0. The van der Waals surface area contributed by atoms with Crippen LogP contribution in [0.5, 0.6) is 5.75 Å². The lowest BCUT2D eigenvalue weighted by Gasteiger charge is -2.03. The number of ether oxygens (including phenoxy) is 1. The summed E-state index contributed by atoms with van der Waals surface area (Å²) in [4.78, 5) is 0. The maximum Gasteiger partial charge on any atom is 0.134 e. The summed E-state index contributed by atoms with van der Waals surface area (Å²) >= 11 is 0. The second-order valence-corrected chi connectivity index (χ2v) is 5.34. The number of furan rings is 1. The largest absolute Gasteiger partial charge is 0.494 e. The Morgan fingerprint density at radius 3 is 2.44 bits per heavy atom. The highest BCUT2D eigenvalue weighted by Crippen LogP contribution is 2.26. The van der Waals surface area contributed by atoms with E-state index in [0.29, 0.717) is 29.3 Å². The first kappa shape index (κ1) is 16.5. The van der Waals surface area contributed by atoms with Gasteiger partial charge in [-0.1, -0.05) is 12.1 Å². The van der Waals surface area contributed by atoms with Crippen molar-refractivity contribution in [3.8, 4) is 23.1 Å². The van der Waals surface area contributed by atoms with Crippen molar-refractivity contribution in [2.75, 3.05) is 6.61 Å². The average Bonchev–Trinajstić information content (AvgIpc) is 3.10. The van der Waals surface area contributed by atoms with Gasteiger partial charge in [-0.15, -0.1) is 0 Å². The Kier molecular flexibility index (Phi) is 4.96. The molecule has 124 valence electrons. The summed E-state index contributed by atoms with van der Waals surface area (Å²) in [6.07, 6.45) is 1.64. The zero-order valence-electron chi connectivity index (χ0n) is 13.7. The molecule has 0 N–H and O–H groups in total. The highest BCUT2D eigenvalue weighted by Gasteiger charge is 2.07. The van der Waals surface area contributed by atoms with Gasteiger partial charge in [0.25, 0.3) is 0 Å². The van der Waals surface area contributed by atoms with E-state index >= 15 is 0 Å². The van der Waals surface area contributed by atoms with E-state index in [1.165, 1.54) is 12.1 Å². The summed E-state index contributed by atoms with van der Waals surface area (Å²) < 4.78 is 24.2. The number of benzene rings is 2. The monoisotopic (exact) mass is 333 g/mol. The van der Waals surface area contributed by atoms with Crippen molar-refractivity contribution in [1.82, 2.24) is 0 Å². The topological polar surface area (TPSA) is 46.2 Å². The Morgan fingerprint density at radius 2 is 1.80 bits per heavy atom. The van der Waals surface area contributed by atoms with Gasteiger partial charge in [-0.3, -0.25) is 0 Å². The highest BCUT2D eigenvalue weighted by atomic mass is 19.1. The molecule has 0 saturated heterocycles. The van der Waals surface area contributed by atoms with Gasteiger partial charge in [0.2, 0.25) is 0 Å². The minimum absolute atomic E-state index is 0.336. The zero-order valence-corrected chi connectivity index (χ0v) is 13.7. The van der Waals surface area contributed by atoms with Crippen LogP contribution in [0.25, 0.3) is 23.0 Å².